The van der Waals surface area contributed by atoms with Gasteiger partial charge in [-0.05, 0) is 11.0 Å². The van der Waals surface area contributed by atoms with Crippen molar-refractivity contribution in [3.05, 3.63) is 42.2 Å². The maximum Gasteiger partial charge on any atom is 0.318 e. The van der Waals surface area contributed by atoms with Gasteiger partial charge in [0.05, 0.1) is 12.2 Å². The van der Waals surface area contributed by atoms with Gasteiger partial charge in [0.1, 0.15) is 0 Å². The first-order chi connectivity index (χ1) is 7.50. The second kappa shape index (κ2) is 3.78. The molecule has 0 saturated carbocycles. The molecule has 1 heterocycles. The van der Waals surface area contributed by atoms with Gasteiger partial charge in [-0.2, -0.15) is 0 Å². The maximum atomic E-state index is 11.7. The second-order valence-corrected chi connectivity index (χ2v) is 5.18. The Hall–Kier alpha value is -1.57. The van der Waals surface area contributed by atoms with Gasteiger partial charge in [0.15, 0.2) is 0 Å². The molecule has 1 aliphatic rings. The highest BCUT2D eigenvalue weighted by Crippen LogP contribution is 2.41. The zero-order chi connectivity index (χ0) is 11.8. The van der Waals surface area contributed by atoms with E-state index in [1.807, 2.05) is 30.3 Å². The molecule has 0 bridgehead atoms. The van der Waals surface area contributed by atoms with Gasteiger partial charge in [-0.25, -0.2) is 0 Å². The molecule has 0 aromatic heterocycles. The fraction of sp³-hybridized carbons (Fsp3) is 0.357. The van der Waals surface area contributed by atoms with Gasteiger partial charge in [-0.3, -0.25) is 4.79 Å². The molecule has 0 amide bonds. The van der Waals surface area contributed by atoms with Gasteiger partial charge >= 0.3 is 5.97 Å². The van der Waals surface area contributed by atoms with E-state index >= 15 is 0 Å². The number of hydrogen-bond acceptors (Lipinski definition) is 2. The monoisotopic (exact) mass is 216 g/mol. The summed E-state index contributed by atoms with van der Waals surface area (Å²) >= 11 is 0. The van der Waals surface area contributed by atoms with E-state index < -0.39 is 0 Å². The van der Waals surface area contributed by atoms with Crippen LogP contribution in [0.4, 0.5) is 0 Å². The minimum atomic E-state index is -0.171. The lowest BCUT2D eigenvalue weighted by molar-refractivity contribution is -0.141. The number of ether oxygens (including phenoxy) is 1. The highest BCUT2D eigenvalue weighted by Gasteiger charge is 2.40. The Morgan fingerprint density at radius 2 is 1.75 bits per heavy atom. The van der Waals surface area contributed by atoms with Crippen LogP contribution in [-0.4, -0.2) is 5.97 Å². The Labute approximate surface area is 95.9 Å². The van der Waals surface area contributed by atoms with E-state index in [0.717, 1.165) is 11.1 Å². The smallest absolute Gasteiger partial charge is 0.318 e. The van der Waals surface area contributed by atoms with Gasteiger partial charge < -0.3 is 4.74 Å². The Balaban J connectivity index is 2.39. The van der Waals surface area contributed by atoms with Crippen LogP contribution >= 0.6 is 0 Å². The van der Waals surface area contributed by atoms with Gasteiger partial charge in [0.25, 0.3) is 0 Å². The molecule has 0 radical (unpaired) electrons. The summed E-state index contributed by atoms with van der Waals surface area (Å²) in [5.41, 5.74) is 1.93. The molecule has 0 fully saturated rings. The first-order valence-electron chi connectivity index (χ1n) is 5.46. The minimum absolute atomic E-state index is 0.116. The average molecular weight is 216 g/mol. The molecule has 16 heavy (non-hydrogen) atoms. The molecule has 2 rings (SSSR count). The molecule has 2 heteroatoms. The lowest BCUT2D eigenvalue weighted by Gasteiger charge is -2.26. The first kappa shape index (κ1) is 10.9. The second-order valence-electron chi connectivity index (χ2n) is 5.18. The molecule has 1 aliphatic heterocycles. The van der Waals surface area contributed by atoms with Crippen LogP contribution in [0.15, 0.2) is 36.6 Å². The summed E-state index contributed by atoms with van der Waals surface area (Å²) in [7, 11) is 0. The fourth-order valence-corrected chi connectivity index (χ4v) is 2.07. The Morgan fingerprint density at radius 1 is 1.12 bits per heavy atom. The average Bonchev–Trinajstić information content (AvgIpc) is 2.61. The fourth-order valence-electron chi connectivity index (χ4n) is 2.07. The Bertz CT molecular complexity index is 424. The molecule has 0 spiro atoms. The molecule has 1 aromatic carbocycles. The quantitative estimate of drug-likeness (QED) is 0.673. The number of hydrogen-bond donors (Lipinski definition) is 0. The van der Waals surface area contributed by atoms with Crippen LogP contribution in [0.3, 0.4) is 0 Å². The van der Waals surface area contributed by atoms with E-state index in [-0.39, 0.29) is 17.3 Å². The third-order valence-corrected chi connectivity index (χ3v) is 2.82. The van der Waals surface area contributed by atoms with Crippen LogP contribution in [0.25, 0.3) is 5.57 Å². The summed E-state index contributed by atoms with van der Waals surface area (Å²) in [6.07, 6.45) is 1.59. The standard InChI is InChI=1S/C14H16O2/c1-14(2,3)12-11(9-16-13(12)15)10-7-5-4-6-8-10/h4-9,12H,1-3H3. The molecule has 1 unspecified atom stereocenters. The van der Waals surface area contributed by atoms with E-state index in [4.69, 9.17) is 4.74 Å². The molecule has 0 N–H and O–H groups in total. The van der Waals surface area contributed by atoms with E-state index in [1.54, 1.807) is 6.26 Å². The third kappa shape index (κ3) is 1.87. The third-order valence-electron chi connectivity index (χ3n) is 2.82. The summed E-state index contributed by atoms with van der Waals surface area (Å²) in [5, 5.41) is 0. The van der Waals surface area contributed by atoms with Crippen molar-refractivity contribution in [2.75, 3.05) is 0 Å². The van der Waals surface area contributed by atoms with E-state index in [0.29, 0.717) is 0 Å². The van der Waals surface area contributed by atoms with Crippen molar-refractivity contribution in [2.24, 2.45) is 11.3 Å². The van der Waals surface area contributed by atoms with Crippen molar-refractivity contribution in [1.29, 1.82) is 0 Å². The van der Waals surface area contributed by atoms with Gasteiger partial charge in [0.2, 0.25) is 0 Å². The zero-order valence-electron chi connectivity index (χ0n) is 9.86. The van der Waals surface area contributed by atoms with E-state index in [1.165, 1.54) is 0 Å². The van der Waals surface area contributed by atoms with Gasteiger partial charge in [0, 0.05) is 5.57 Å². The summed E-state index contributed by atoms with van der Waals surface area (Å²) in [4.78, 5) is 11.7. The van der Waals surface area contributed by atoms with E-state index in [9.17, 15) is 4.79 Å². The Morgan fingerprint density at radius 3 is 2.31 bits per heavy atom. The van der Waals surface area contributed by atoms with Crippen molar-refractivity contribution < 1.29 is 9.53 Å². The minimum Gasteiger partial charge on any atom is -0.434 e. The number of cyclic esters (lactones) is 1. The van der Waals surface area contributed by atoms with Crippen molar-refractivity contribution >= 4 is 11.5 Å². The number of esters is 1. The van der Waals surface area contributed by atoms with Crippen molar-refractivity contribution in [2.45, 2.75) is 20.8 Å². The maximum absolute atomic E-state index is 11.7. The van der Waals surface area contributed by atoms with Crippen LogP contribution in [0.2, 0.25) is 0 Å². The van der Waals surface area contributed by atoms with Crippen LogP contribution in [0.1, 0.15) is 26.3 Å². The zero-order valence-corrected chi connectivity index (χ0v) is 9.86. The first-order valence-corrected chi connectivity index (χ1v) is 5.46. The van der Waals surface area contributed by atoms with Crippen LogP contribution in [-0.2, 0) is 9.53 Å². The molecular formula is C14H16O2. The molecule has 2 nitrogen and oxygen atoms in total. The van der Waals surface area contributed by atoms with Crippen LogP contribution in [0.5, 0.6) is 0 Å². The lowest BCUT2D eigenvalue weighted by Crippen LogP contribution is -2.26. The molecule has 0 saturated heterocycles. The lowest BCUT2D eigenvalue weighted by atomic mass is 9.75. The van der Waals surface area contributed by atoms with Crippen molar-refractivity contribution in [3.63, 3.8) is 0 Å². The molecule has 84 valence electrons. The Kier molecular flexibility index (Phi) is 2.58. The van der Waals surface area contributed by atoms with Crippen LogP contribution < -0.4 is 0 Å². The number of benzene rings is 1. The van der Waals surface area contributed by atoms with Gasteiger partial charge in [-0.1, -0.05) is 51.1 Å². The molecular weight excluding hydrogens is 200 g/mol. The number of carbonyl (C=O) groups is 1. The predicted molar refractivity (Wildman–Crippen MR) is 63.5 cm³/mol. The SMILES string of the molecule is CC(C)(C)C1C(=O)OC=C1c1ccccc1. The number of carbonyl (C=O) groups excluding carboxylic acids is 1. The summed E-state index contributed by atoms with van der Waals surface area (Å²) < 4.78 is 5.06. The highest BCUT2D eigenvalue weighted by atomic mass is 16.5. The van der Waals surface area contributed by atoms with Crippen molar-refractivity contribution in [1.82, 2.24) is 0 Å². The highest BCUT2D eigenvalue weighted by molar-refractivity contribution is 5.93. The molecule has 0 aliphatic carbocycles. The van der Waals surface area contributed by atoms with Crippen LogP contribution in [0, 0.1) is 11.3 Å². The normalized spacial score (nSPS) is 20.6. The topological polar surface area (TPSA) is 26.3 Å². The summed E-state index contributed by atoms with van der Waals surface area (Å²) in [6.45, 7) is 6.17. The van der Waals surface area contributed by atoms with Crippen molar-refractivity contribution in [3.8, 4) is 0 Å². The largest absolute Gasteiger partial charge is 0.434 e. The number of rotatable bonds is 1. The molecule has 1 atom stereocenters. The summed E-state index contributed by atoms with van der Waals surface area (Å²) in [5.74, 6) is -0.318. The van der Waals surface area contributed by atoms with Gasteiger partial charge in [-0.15, -0.1) is 0 Å². The predicted octanol–water partition coefficient (Wildman–Crippen LogP) is 3.25. The van der Waals surface area contributed by atoms with E-state index in [2.05, 4.69) is 20.8 Å². The summed E-state index contributed by atoms with van der Waals surface area (Å²) in [6, 6.07) is 9.92. The molecule has 1 aromatic rings.